The van der Waals surface area contributed by atoms with E-state index in [0.717, 1.165) is 36.6 Å². The molecule has 0 atom stereocenters. The topological polar surface area (TPSA) is 29.5 Å². The summed E-state index contributed by atoms with van der Waals surface area (Å²) in [6.07, 6.45) is 2.23. The van der Waals surface area contributed by atoms with Gasteiger partial charge in [0.25, 0.3) is 0 Å². The second kappa shape index (κ2) is 7.91. The number of rotatable bonds is 3. The molecule has 0 unspecified atom stereocenters. The maximum absolute atomic E-state index is 12.2. The number of likely N-dealkylation sites (tertiary alicyclic amines) is 1. The van der Waals surface area contributed by atoms with Gasteiger partial charge in [-0.15, -0.1) is 0 Å². The van der Waals surface area contributed by atoms with Gasteiger partial charge in [-0.25, -0.2) is 4.79 Å². The lowest BCUT2D eigenvalue weighted by Crippen LogP contribution is -2.32. The highest BCUT2D eigenvalue weighted by atomic mass is 127. The van der Waals surface area contributed by atoms with E-state index in [2.05, 4.69) is 85.8 Å². The summed E-state index contributed by atoms with van der Waals surface area (Å²) < 4.78 is 8.67. The molecule has 1 aromatic rings. The predicted octanol–water partition coefficient (Wildman–Crippen LogP) is 4.00. The molecule has 0 saturated carbocycles. The SMILES string of the molecule is CN1CCC(COC(=O)c2cc(I)cc(I)c2I)CC1. The first kappa shape index (κ1) is 17.2. The van der Waals surface area contributed by atoms with E-state index in [1.165, 1.54) is 0 Å². The van der Waals surface area contributed by atoms with E-state index in [1.54, 1.807) is 0 Å². The van der Waals surface area contributed by atoms with E-state index in [-0.39, 0.29) is 5.97 Å². The molecule has 0 aromatic heterocycles. The number of hydrogen-bond donors (Lipinski definition) is 0. The molecule has 1 aliphatic rings. The zero-order valence-electron chi connectivity index (χ0n) is 11.2. The fourth-order valence-corrected chi connectivity index (χ4v) is 4.58. The van der Waals surface area contributed by atoms with Crippen LogP contribution < -0.4 is 0 Å². The van der Waals surface area contributed by atoms with Crippen molar-refractivity contribution >= 4 is 73.7 Å². The minimum atomic E-state index is -0.190. The summed E-state index contributed by atoms with van der Waals surface area (Å²) in [6, 6.07) is 3.97. The lowest BCUT2D eigenvalue weighted by Gasteiger charge is -2.28. The van der Waals surface area contributed by atoms with Gasteiger partial charge in [0.05, 0.1) is 12.2 Å². The van der Waals surface area contributed by atoms with E-state index >= 15 is 0 Å². The summed E-state index contributed by atoms with van der Waals surface area (Å²) >= 11 is 6.71. The highest BCUT2D eigenvalue weighted by molar-refractivity contribution is 14.1. The van der Waals surface area contributed by atoms with Crippen molar-refractivity contribution in [1.29, 1.82) is 0 Å². The number of halogens is 3. The smallest absolute Gasteiger partial charge is 0.339 e. The summed E-state index contributed by atoms with van der Waals surface area (Å²) in [4.78, 5) is 14.6. The van der Waals surface area contributed by atoms with Gasteiger partial charge in [0.15, 0.2) is 0 Å². The minimum Gasteiger partial charge on any atom is -0.462 e. The van der Waals surface area contributed by atoms with Gasteiger partial charge in [-0.1, -0.05) is 0 Å². The van der Waals surface area contributed by atoms with Gasteiger partial charge < -0.3 is 9.64 Å². The molecule has 20 heavy (non-hydrogen) atoms. The van der Waals surface area contributed by atoms with Crippen LogP contribution in [0.1, 0.15) is 23.2 Å². The van der Waals surface area contributed by atoms with Crippen LogP contribution in [0.5, 0.6) is 0 Å². The number of carbonyl (C=O) groups excluding carboxylic acids is 1. The Balaban J connectivity index is 1.95. The Morgan fingerprint density at radius 3 is 2.60 bits per heavy atom. The molecular weight excluding hydrogens is 595 g/mol. The fraction of sp³-hybridized carbons (Fsp3) is 0.500. The molecule has 1 aromatic carbocycles. The van der Waals surface area contributed by atoms with Crippen LogP contribution in [-0.2, 0) is 4.74 Å². The van der Waals surface area contributed by atoms with Gasteiger partial charge in [0.1, 0.15) is 0 Å². The zero-order valence-corrected chi connectivity index (χ0v) is 17.6. The standard InChI is InChI=1S/C14H16I3NO2/c1-18-4-2-9(3-5-18)8-20-14(19)11-6-10(15)7-12(16)13(11)17/h6-7,9H,2-5,8H2,1H3. The van der Waals surface area contributed by atoms with Crippen molar-refractivity contribution in [3.8, 4) is 0 Å². The highest BCUT2D eigenvalue weighted by Gasteiger charge is 2.20. The first-order valence-electron chi connectivity index (χ1n) is 6.47. The quantitative estimate of drug-likeness (QED) is 0.295. The molecular formula is C14H16I3NO2. The Labute approximate surface area is 160 Å². The summed E-state index contributed by atoms with van der Waals surface area (Å²) in [7, 11) is 2.14. The van der Waals surface area contributed by atoms with Crippen molar-refractivity contribution in [2.75, 3.05) is 26.7 Å². The van der Waals surface area contributed by atoms with Crippen LogP contribution in [0.3, 0.4) is 0 Å². The average Bonchev–Trinajstić information content (AvgIpc) is 2.42. The molecule has 110 valence electrons. The van der Waals surface area contributed by atoms with Crippen LogP contribution in [-0.4, -0.2) is 37.6 Å². The van der Waals surface area contributed by atoms with E-state index in [1.807, 2.05) is 6.07 Å². The van der Waals surface area contributed by atoms with Crippen LogP contribution in [0.15, 0.2) is 12.1 Å². The Morgan fingerprint density at radius 1 is 1.30 bits per heavy atom. The third-order valence-electron chi connectivity index (χ3n) is 3.50. The van der Waals surface area contributed by atoms with Gasteiger partial charge >= 0.3 is 5.97 Å². The summed E-state index contributed by atoms with van der Waals surface area (Å²) in [5.74, 6) is 0.319. The Morgan fingerprint density at radius 2 is 1.95 bits per heavy atom. The largest absolute Gasteiger partial charge is 0.462 e. The van der Waals surface area contributed by atoms with Crippen LogP contribution >= 0.6 is 67.8 Å². The maximum atomic E-state index is 12.2. The van der Waals surface area contributed by atoms with Gasteiger partial charge in [-0.05, 0) is 119 Å². The molecule has 6 heteroatoms. The van der Waals surface area contributed by atoms with Gasteiger partial charge in [-0.3, -0.25) is 0 Å². The summed E-state index contributed by atoms with van der Waals surface area (Å²) in [5, 5.41) is 0. The first-order chi connectivity index (χ1) is 9.47. The van der Waals surface area contributed by atoms with E-state index in [4.69, 9.17) is 4.74 Å². The van der Waals surface area contributed by atoms with Crippen molar-refractivity contribution in [3.05, 3.63) is 28.4 Å². The fourth-order valence-electron chi connectivity index (χ4n) is 2.20. The number of piperidine rings is 1. The Kier molecular flexibility index (Phi) is 6.80. The van der Waals surface area contributed by atoms with Crippen LogP contribution in [0.2, 0.25) is 0 Å². The molecule has 0 amide bonds. The van der Waals surface area contributed by atoms with E-state index in [0.29, 0.717) is 18.1 Å². The molecule has 0 aliphatic carbocycles. The third-order valence-corrected chi connectivity index (χ3v) is 7.17. The van der Waals surface area contributed by atoms with Crippen LogP contribution in [0.4, 0.5) is 0 Å². The van der Waals surface area contributed by atoms with Crippen molar-refractivity contribution in [1.82, 2.24) is 4.90 Å². The molecule has 1 aliphatic heterocycles. The molecule has 0 spiro atoms. The third kappa shape index (κ3) is 4.67. The highest BCUT2D eigenvalue weighted by Crippen LogP contribution is 2.24. The number of benzene rings is 1. The van der Waals surface area contributed by atoms with E-state index < -0.39 is 0 Å². The van der Waals surface area contributed by atoms with E-state index in [9.17, 15) is 4.79 Å². The van der Waals surface area contributed by atoms with Crippen molar-refractivity contribution < 1.29 is 9.53 Å². The second-order valence-corrected chi connectivity index (χ2v) is 8.58. The van der Waals surface area contributed by atoms with Crippen molar-refractivity contribution in [2.45, 2.75) is 12.8 Å². The van der Waals surface area contributed by atoms with Crippen molar-refractivity contribution in [2.24, 2.45) is 5.92 Å². The number of esters is 1. The first-order valence-corrected chi connectivity index (χ1v) is 9.71. The lowest BCUT2D eigenvalue weighted by atomic mass is 9.98. The molecule has 1 saturated heterocycles. The normalized spacial score (nSPS) is 17.2. The minimum absolute atomic E-state index is 0.190. The number of nitrogens with zero attached hydrogens (tertiary/aromatic N) is 1. The maximum Gasteiger partial charge on any atom is 0.339 e. The molecule has 1 heterocycles. The second-order valence-electron chi connectivity index (χ2n) is 5.09. The molecule has 0 N–H and O–H groups in total. The van der Waals surface area contributed by atoms with Crippen molar-refractivity contribution in [3.63, 3.8) is 0 Å². The van der Waals surface area contributed by atoms with Crippen LogP contribution in [0, 0.1) is 16.6 Å². The lowest BCUT2D eigenvalue weighted by molar-refractivity contribution is 0.0382. The average molecular weight is 611 g/mol. The zero-order chi connectivity index (χ0) is 14.7. The van der Waals surface area contributed by atoms with Gasteiger partial charge in [0, 0.05) is 10.7 Å². The molecule has 0 radical (unpaired) electrons. The summed E-state index contributed by atoms with van der Waals surface area (Å²) in [6.45, 7) is 2.74. The molecule has 0 bridgehead atoms. The number of carbonyl (C=O) groups is 1. The molecule has 3 nitrogen and oxygen atoms in total. The van der Waals surface area contributed by atoms with Gasteiger partial charge in [-0.2, -0.15) is 0 Å². The summed E-state index contributed by atoms with van der Waals surface area (Å²) in [5.41, 5.74) is 0.690. The van der Waals surface area contributed by atoms with Gasteiger partial charge in [0.2, 0.25) is 0 Å². The predicted molar refractivity (Wildman–Crippen MR) is 105 cm³/mol. The number of hydrogen-bond acceptors (Lipinski definition) is 3. The number of ether oxygens (including phenoxy) is 1. The Bertz CT molecular complexity index is 499. The monoisotopic (exact) mass is 611 g/mol. The molecule has 2 rings (SSSR count). The van der Waals surface area contributed by atoms with Crippen LogP contribution in [0.25, 0.3) is 0 Å². The molecule has 1 fully saturated rings. The Hall–Kier alpha value is 0.840.